The SMILES string of the molecule is CCNC1CCCN(C(=O)C2CCCCC2C(F)(F)F)C1. The zero-order chi connectivity index (χ0) is 15.5. The van der Waals surface area contributed by atoms with Crippen molar-refractivity contribution in [3.05, 3.63) is 0 Å². The van der Waals surface area contributed by atoms with Gasteiger partial charge < -0.3 is 10.2 Å². The first-order chi connectivity index (χ1) is 9.93. The lowest BCUT2D eigenvalue weighted by Crippen LogP contribution is -2.52. The normalized spacial score (nSPS) is 31.2. The van der Waals surface area contributed by atoms with E-state index < -0.39 is 18.0 Å². The molecule has 1 N–H and O–H groups in total. The van der Waals surface area contributed by atoms with Crippen LogP contribution in [0.25, 0.3) is 0 Å². The van der Waals surface area contributed by atoms with Gasteiger partial charge in [0.05, 0.1) is 5.92 Å². The molecule has 6 heteroatoms. The van der Waals surface area contributed by atoms with Gasteiger partial charge >= 0.3 is 6.18 Å². The molecule has 1 saturated heterocycles. The molecule has 1 aliphatic carbocycles. The van der Waals surface area contributed by atoms with Crippen molar-refractivity contribution >= 4 is 5.91 Å². The highest BCUT2D eigenvalue weighted by molar-refractivity contribution is 5.79. The largest absolute Gasteiger partial charge is 0.392 e. The van der Waals surface area contributed by atoms with Crippen molar-refractivity contribution in [2.45, 2.75) is 57.7 Å². The maximum Gasteiger partial charge on any atom is 0.392 e. The van der Waals surface area contributed by atoms with Gasteiger partial charge in [0.15, 0.2) is 0 Å². The van der Waals surface area contributed by atoms with Gasteiger partial charge in [-0.15, -0.1) is 0 Å². The lowest BCUT2D eigenvalue weighted by molar-refractivity contribution is -0.201. The van der Waals surface area contributed by atoms with Crippen LogP contribution in [0.4, 0.5) is 13.2 Å². The van der Waals surface area contributed by atoms with Crippen molar-refractivity contribution in [2.75, 3.05) is 19.6 Å². The number of hydrogen-bond acceptors (Lipinski definition) is 2. The zero-order valence-electron chi connectivity index (χ0n) is 12.6. The quantitative estimate of drug-likeness (QED) is 0.869. The Hall–Kier alpha value is -0.780. The van der Waals surface area contributed by atoms with E-state index in [4.69, 9.17) is 0 Å². The number of likely N-dealkylation sites (tertiary alicyclic amines) is 1. The minimum atomic E-state index is -4.25. The Morgan fingerprint density at radius 1 is 1.19 bits per heavy atom. The molecule has 3 nitrogen and oxygen atoms in total. The molecule has 0 aromatic rings. The predicted molar refractivity (Wildman–Crippen MR) is 74.8 cm³/mol. The first kappa shape index (κ1) is 16.6. The van der Waals surface area contributed by atoms with E-state index in [-0.39, 0.29) is 18.4 Å². The highest BCUT2D eigenvalue weighted by Crippen LogP contribution is 2.42. The van der Waals surface area contributed by atoms with Gasteiger partial charge in [0.25, 0.3) is 0 Å². The van der Waals surface area contributed by atoms with Crippen molar-refractivity contribution in [1.82, 2.24) is 10.2 Å². The molecule has 2 fully saturated rings. The summed E-state index contributed by atoms with van der Waals surface area (Å²) >= 11 is 0. The molecule has 2 aliphatic rings. The van der Waals surface area contributed by atoms with Crippen molar-refractivity contribution in [3.8, 4) is 0 Å². The summed E-state index contributed by atoms with van der Waals surface area (Å²) in [5, 5.41) is 3.30. The van der Waals surface area contributed by atoms with Crippen molar-refractivity contribution in [1.29, 1.82) is 0 Å². The van der Waals surface area contributed by atoms with Gasteiger partial charge in [0, 0.05) is 25.0 Å². The first-order valence-electron chi connectivity index (χ1n) is 8.02. The minimum Gasteiger partial charge on any atom is -0.341 e. The third kappa shape index (κ3) is 4.11. The number of carbonyl (C=O) groups excluding carboxylic acids is 1. The van der Waals surface area contributed by atoms with E-state index in [1.807, 2.05) is 6.92 Å². The number of carbonyl (C=O) groups is 1. The zero-order valence-corrected chi connectivity index (χ0v) is 12.6. The number of amides is 1. The van der Waals surface area contributed by atoms with Crippen LogP contribution in [0.1, 0.15) is 45.4 Å². The minimum absolute atomic E-state index is 0.102. The fourth-order valence-corrected chi connectivity index (χ4v) is 3.69. The van der Waals surface area contributed by atoms with Crippen LogP contribution >= 0.6 is 0 Å². The Balaban J connectivity index is 2.03. The van der Waals surface area contributed by atoms with E-state index in [0.717, 1.165) is 25.8 Å². The molecule has 3 unspecified atom stereocenters. The summed E-state index contributed by atoms with van der Waals surface area (Å²) in [6.07, 6.45) is -0.605. The van der Waals surface area contributed by atoms with Gasteiger partial charge in [-0.2, -0.15) is 13.2 Å². The number of piperidine rings is 1. The fourth-order valence-electron chi connectivity index (χ4n) is 3.69. The Morgan fingerprint density at radius 2 is 1.90 bits per heavy atom. The molecular weight excluding hydrogens is 281 g/mol. The molecule has 0 spiro atoms. The van der Waals surface area contributed by atoms with Gasteiger partial charge in [-0.3, -0.25) is 4.79 Å². The molecule has 1 saturated carbocycles. The monoisotopic (exact) mass is 306 g/mol. The summed E-state index contributed by atoms with van der Waals surface area (Å²) < 4.78 is 39.4. The molecule has 122 valence electrons. The number of halogens is 3. The summed E-state index contributed by atoms with van der Waals surface area (Å²) in [6, 6.07) is 0.223. The first-order valence-corrected chi connectivity index (χ1v) is 8.02. The van der Waals surface area contributed by atoms with Crippen molar-refractivity contribution in [3.63, 3.8) is 0 Å². The van der Waals surface area contributed by atoms with Gasteiger partial charge in [-0.05, 0) is 32.2 Å². The molecule has 0 bridgehead atoms. The number of rotatable bonds is 3. The van der Waals surface area contributed by atoms with Gasteiger partial charge in [0.2, 0.25) is 5.91 Å². The summed E-state index contributed by atoms with van der Waals surface area (Å²) in [7, 11) is 0. The third-order valence-corrected chi connectivity index (χ3v) is 4.73. The molecule has 2 rings (SSSR count). The average Bonchev–Trinajstić information content (AvgIpc) is 2.46. The highest BCUT2D eigenvalue weighted by Gasteiger charge is 2.49. The summed E-state index contributed by atoms with van der Waals surface area (Å²) in [5.41, 5.74) is 0. The summed E-state index contributed by atoms with van der Waals surface area (Å²) in [4.78, 5) is 14.2. The van der Waals surface area contributed by atoms with Gasteiger partial charge in [-0.1, -0.05) is 19.8 Å². The highest BCUT2D eigenvalue weighted by atomic mass is 19.4. The number of nitrogens with zero attached hydrogens (tertiary/aromatic N) is 1. The molecule has 0 aromatic heterocycles. The van der Waals surface area contributed by atoms with Crippen molar-refractivity contribution < 1.29 is 18.0 Å². The third-order valence-electron chi connectivity index (χ3n) is 4.73. The second-order valence-electron chi connectivity index (χ2n) is 6.22. The van der Waals surface area contributed by atoms with Crippen LogP contribution < -0.4 is 5.32 Å². The standard InChI is InChI=1S/C15H25F3N2O/c1-2-19-11-6-5-9-20(10-11)14(21)12-7-3-4-8-13(12)15(16,17)18/h11-13,19H,2-10H2,1H3. The van der Waals surface area contributed by atoms with Crippen molar-refractivity contribution in [2.24, 2.45) is 11.8 Å². The summed E-state index contributed by atoms with van der Waals surface area (Å²) in [5.74, 6) is -2.59. The number of nitrogens with one attached hydrogen (secondary N) is 1. The van der Waals surface area contributed by atoms with E-state index in [2.05, 4.69) is 5.32 Å². The van der Waals surface area contributed by atoms with Gasteiger partial charge in [-0.25, -0.2) is 0 Å². The molecule has 1 amide bonds. The van der Waals surface area contributed by atoms with E-state index in [0.29, 0.717) is 25.9 Å². The molecule has 0 radical (unpaired) electrons. The lowest BCUT2D eigenvalue weighted by Gasteiger charge is -2.39. The van der Waals surface area contributed by atoms with Crippen LogP contribution in [0.3, 0.4) is 0 Å². The van der Waals surface area contributed by atoms with Crippen LogP contribution in [-0.4, -0.2) is 42.7 Å². The smallest absolute Gasteiger partial charge is 0.341 e. The molecule has 1 aliphatic heterocycles. The van der Waals surface area contributed by atoms with Crippen LogP contribution in [-0.2, 0) is 4.79 Å². The Bertz CT molecular complexity index is 357. The Kier molecular flexibility index (Phi) is 5.52. The van der Waals surface area contributed by atoms with E-state index in [1.54, 1.807) is 4.90 Å². The van der Waals surface area contributed by atoms with E-state index in [1.165, 1.54) is 0 Å². The topological polar surface area (TPSA) is 32.3 Å². The fraction of sp³-hybridized carbons (Fsp3) is 0.933. The lowest BCUT2D eigenvalue weighted by atomic mass is 9.77. The second-order valence-corrected chi connectivity index (χ2v) is 6.22. The molecule has 3 atom stereocenters. The van der Waals surface area contributed by atoms with Crippen LogP contribution in [0.5, 0.6) is 0 Å². The molecule has 21 heavy (non-hydrogen) atoms. The molecule has 0 aromatic carbocycles. The Morgan fingerprint density at radius 3 is 2.57 bits per heavy atom. The average molecular weight is 306 g/mol. The number of hydrogen-bond donors (Lipinski definition) is 1. The van der Waals surface area contributed by atoms with E-state index >= 15 is 0 Å². The van der Waals surface area contributed by atoms with Crippen LogP contribution in [0, 0.1) is 11.8 Å². The van der Waals surface area contributed by atoms with E-state index in [9.17, 15) is 18.0 Å². The molecular formula is C15H25F3N2O. The van der Waals surface area contributed by atoms with Crippen LogP contribution in [0.2, 0.25) is 0 Å². The second kappa shape index (κ2) is 6.99. The molecule has 1 heterocycles. The number of alkyl halides is 3. The maximum atomic E-state index is 13.1. The van der Waals surface area contributed by atoms with Crippen LogP contribution in [0.15, 0.2) is 0 Å². The van der Waals surface area contributed by atoms with Gasteiger partial charge in [0.1, 0.15) is 0 Å². The maximum absolute atomic E-state index is 13.1. The number of likely N-dealkylation sites (N-methyl/N-ethyl adjacent to an activating group) is 1. The summed E-state index contributed by atoms with van der Waals surface area (Å²) in [6.45, 7) is 3.97. The predicted octanol–water partition coefficient (Wildman–Crippen LogP) is 2.96. The Labute approximate surface area is 124 Å².